The van der Waals surface area contributed by atoms with Gasteiger partial charge in [0.25, 0.3) is 0 Å². The van der Waals surface area contributed by atoms with E-state index in [4.69, 9.17) is 5.11 Å². The molecule has 1 N–H and O–H groups in total. The predicted octanol–water partition coefficient (Wildman–Crippen LogP) is 4.09. The van der Waals surface area contributed by atoms with Crippen molar-refractivity contribution in [1.29, 1.82) is 0 Å². The molecular weight excluding hydrogens is 236 g/mol. The molecule has 0 aliphatic carbocycles. The van der Waals surface area contributed by atoms with Crippen LogP contribution in [0.2, 0.25) is 0 Å². The molecule has 0 bridgehead atoms. The summed E-state index contributed by atoms with van der Waals surface area (Å²) in [6.07, 6.45) is 0.0325. The van der Waals surface area contributed by atoms with Gasteiger partial charge in [0.1, 0.15) is 0 Å². The molecule has 2 aromatic rings. The highest BCUT2D eigenvalue weighted by molar-refractivity contribution is 5.96. The second-order valence-corrected chi connectivity index (χ2v) is 4.41. The second-order valence-electron chi connectivity index (χ2n) is 4.41. The van der Waals surface area contributed by atoms with Gasteiger partial charge >= 0.3 is 5.97 Å². The van der Waals surface area contributed by atoms with Gasteiger partial charge in [-0.05, 0) is 29.2 Å². The Morgan fingerprint density at radius 3 is 1.84 bits per heavy atom. The lowest BCUT2D eigenvalue weighted by molar-refractivity contribution is -0.135. The molecule has 0 spiro atoms. The Kier molecular flexibility index (Phi) is 4.14. The quantitative estimate of drug-likeness (QED) is 0.832. The molecule has 2 nitrogen and oxygen atoms in total. The third-order valence-corrected chi connectivity index (χ3v) is 3.11. The Hall–Kier alpha value is -2.35. The molecule has 0 unspecified atom stereocenters. The van der Waals surface area contributed by atoms with E-state index in [0.29, 0.717) is 0 Å². The number of carboxylic acid groups (broad SMARTS) is 1. The topological polar surface area (TPSA) is 37.3 Å². The lowest BCUT2D eigenvalue weighted by atomic mass is 9.93. The van der Waals surface area contributed by atoms with E-state index in [2.05, 4.69) is 0 Å². The SMILES string of the molecule is CC(=C(CC(=O)O)c1ccccc1)c1ccccc1. The van der Waals surface area contributed by atoms with Gasteiger partial charge in [-0.3, -0.25) is 4.79 Å². The predicted molar refractivity (Wildman–Crippen MR) is 77.6 cm³/mol. The van der Waals surface area contributed by atoms with Crippen LogP contribution in [0.3, 0.4) is 0 Å². The first-order valence-electron chi connectivity index (χ1n) is 6.21. The second kappa shape index (κ2) is 6.01. The molecule has 0 heterocycles. The van der Waals surface area contributed by atoms with Crippen LogP contribution < -0.4 is 0 Å². The summed E-state index contributed by atoms with van der Waals surface area (Å²) in [5.41, 5.74) is 3.89. The van der Waals surface area contributed by atoms with Crippen molar-refractivity contribution in [3.05, 3.63) is 71.8 Å². The fourth-order valence-corrected chi connectivity index (χ4v) is 2.10. The average Bonchev–Trinajstić information content (AvgIpc) is 2.46. The van der Waals surface area contributed by atoms with Crippen LogP contribution in [0.5, 0.6) is 0 Å². The third-order valence-electron chi connectivity index (χ3n) is 3.11. The molecule has 0 aliphatic heterocycles. The Morgan fingerprint density at radius 2 is 1.37 bits per heavy atom. The summed E-state index contributed by atoms with van der Waals surface area (Å²) < 4.78 is 0. The average molecular weight is 252 g/mol. The van der Waals surface area contributed by atoms with Crippen molar-refractivity contribution in [1.82, 2.24) is 0 Å². The van der Waals surface area contributed by atoms with Crippen LogP contribution in [0.4, 0.5) is 0 Å². The zero-order valence-electron chi connectivity index (χ0n) is 10.8. The zero-order valence-corrected chi connectivity index (χ0v) is 10.8. The Morgan fingerprint density at radius 1 is 0.895 bits per heavy atom. The van der Waals surface area contributed by atoms with Crippen LogP contribution in [-0.2, 0) is 4.79 Å². The highest BCUT2D eigenvalue weighted by atomic mass is 16.4. The molecule has 0 saturated carbocycles. The first kappa shape index (κ1) is 13.1. The number of benzene rings is 2. The van der Waals surface area contributed by atoms with Crippen molar-refractivity contribution in [2.75, 3.05) is 0 Å². The van der Waals surface area contributed by atoms with Crippen molar-refractivity contribution >= 4 is 17.1 Å². The normalized spacial score (nSPS) is 11.8. The molecule has 0 radical (unpaired) electrons. The highest BCUT2D eigenvalue weighted by Crippen LogP contribution is 2.28. The Bertz CT molecular complexity index is 583. The fraction of sp³-hybridized carbons (Fsp3) is 0.118. The summed E-state index contributed by atoms with van der Waals surface area (Å²) in [5.74, 6) is -0.811. The molecule has 0 amide bonds. The highest BCUT2D eigenvalue weighted by Gasteiger charge is 2.11. The van der Waals surface area contributed by atoms with Crippen LogP contribution in [0.1, 0.15) is 24.5 Å². The Balaban J connectivity index is 2.51. The fourth-order valence-electron chi connectivity index (χ4n) is 2.10. The van der Waals surface area contributed by atoms with E-state index < -0.39 is 5.97 Å². The number of hydrogen-bond acceptors (Lipinski definition) is 1. The maximum Gasteiger partial charge on any atom is 0.307 e. The van der Waals surface area contributed by atoms with Gasteiger partial charge in [0.15, 0.2) is 0 Å². The minimum atomic E-state index is -0.811. The number of carbonyl (C=O) groups is 1. The van der Waals surface area contributed by atoms with Gasteiger partial charge in [0, 0.05) is 0 Å². The van der Waals surface area contributed by atoms with Crippen LogP contribution in [0.15, 0.2) is 60.7 Å². The molecule has 2 rings (SSSR count). The van der Waals surface area contributed by atoms with Crippen molar-refractivity contribution in [3.8, 4) is 0 Å². The van der Waals surface area contributed by atoms with Gasteiger partial charge < -0.3 is 5.11 Å². The van der Waals surface area contributed by atoms with Gasteiger partial charge in [-0.1, -0.05) is 60.7 Å². The minimum absolute atomic E-state index is 0.0325. The monoisotopic (exact) mass is 252 g/mol. The maximum atomic E-state index is 11.1. The standard InChI is InChI=1S/C17H16O2/c1-13(14-8-4-2-5-9-14)16(12-17(18)19)15-10-6-3-7-11-15/h2-11H,12H2,1H3,(H,18,19). The number of carboxylic acids is 1. The number of hydrogen-bond donors (Lipinski definition) is 1. The third kappa shape index (κ3) is 3.32. The maximum absolute atomic E-state index is 11.1. The zero-order chi connectivity index (χ0) is 13.7. The number of aliphatic carboxylic acids is 1. The van der Waals surface area contributed by atoms with Gasteiger partial charge in [-0.15, -0.1) is 0 Å². The van der Waals surface area contributed by atoms with E-state index in [1.54, 1.807) is 0 Å². The molecule has 2 aromatic carbocycles. The summed E-state index contributed by atoms with van der Waals surface area (Å²) in [6, 6.07) is 19.6. The molecule has 96 valence electrons. The largest absolute Gasteiger partial charge is 0.481 e. The van der Waals surface area contributed by atoms with E-state index in [9.17, 15) is 4.79 Å². The van der Waals surface area contributed by atoms with Crippen molar-refractivity contribution in [2.24, 2.45) is 0 Å². The van der Waals surface area contributed by atoms with Gasteiger partial charge in [0.05, 0.1) is 6.42 Å². The summed E-state index contributed by atoms with van der Waals surface area (Å²) in [4.78, 5) is 11.1. The molecule has 2 heteroatoms. The summed E-state index contributed by atoms with van der Waals surface area (Å²) in [5, 5.41) is 9.11. The van der Waals surface area contributed by atoms with E-state index >= 15 is 0 Å². The smallest absolute Gasteiger partial charge is 0.307 e. The Labute approximate surface area is 113 Å². The molecule has 0 saturated heterocycles. The first-order valence-corrected chi connectivity index (χ1v) is 6.21. The molecule has 0 aromatic heterocycles. The van der Waals surface area contributed by atoms with Crippen molar-refractivity contribution < 1.29 is 9.90 Å². The van der Waals surface area contributed by atoms with Gasteiger partial charge in [0.2, 0.25) is 0 Å². The van der Waals surface area contributed by atoms with Crippen LogP contribution in [0.25, 0.3) is 11.1 Å². The van der Waals surface area contributed by atoms with Crippen LogP contribution in [0, 0.1) is 0 Å². The van der Waals surface area contributed by atoms with Gasteiger partial charge in [-0.2, -0.15) is 0 Å². The van der Waals surface area contributed by atoms with E-state index in [-0.39, 0.29) is 6.42 Å². The van der Waals surface area contributed by atoms with E-state index in [0.717, 1.165) is 22.3 Å². The first-order chi connectivity index (χ1) is 9.18. The van der Waals surface area contributed by atoms with Crippen molar-refractivity contribution in [2.45, 2.75) is 13.3 Å². The summed E-state index contributed by atoms with van der Waals surface area (Å²) in [7, 11) is 0. The van der Waals surface area contributed by atoms with Crippen LogP contribution in [-0.4, -0.2) is 11.1 Å². The molecule has 0 aliphatic rings. The number of allylic oxidation sites excluding steroid dienone is 1. The molecule has 19 heavy (non-hydrogen) atoms. The lowest BCUT2D eigenvalue weighted by Gasteiger charge is -2.11. The molecule has 0 atom stereocenters. The number of rotatable bonds is 4. The molecule has 0 fully saturated rings. The lowest BCUT2D eigenvalue weighted by Crippen LogP contribution is -1.99. The van der Waals surface area contributed by atoms with Crippen LogP contribution >= 0.6 is 0 Å². The van der Waals surface area contributed by atoms with E-state index in [1.165, 1.54) is 0 Å². The van der Waals surface area contributed by atoms with Crippen molar-refractivity contribution in [3.63, 3.8) is 0 Å². The van der Waals surface area contributed by atoms with E-state index in [1.807, 2.05) is 67.6 Å². The van der Waals surface area contributed by atoms with Gasteiger partial charge in [-0.25, -0.2) is 0 Å². The molecular formula is C17H16O2. The summed E-state index contributed by atoms with van der Waals surface area (Å²) >= 11 is 0. The summed E-state index contributed by atoms with van der Waals surface area (Å²) in [6.45, 7) is 1.97. The minimum Gasteiger partial charge on any atom is -0.481 e.